The fourth-order valence-corrected chi connectivity index (χ4v) is 4.71. The van der Waals surface area contributed by atoms with E-state index in [1.807, 2.05) is 0 Å². The zero-order valence-corrected chi connectivity index (χ0v) is 14.4. The number of sulfone groups is 1. The van der Waals surface area contributed by atoms with E-state index in [4.69, 9.17) is 10.7 Å². The van der Waals surface area contributed by atoms with E-state index >= 15 is 0 Å². The molecule has 21 heavy (non-hydrogen) atoms. The van der Waals surface area contributed by atoms with Crippen molar-refractivity contribution in [1.82, 2.24) is 4.72 Å². The molecule has 0 radical (unpaired) electrons. The standard InChI is InChI=1S/C10H14ClNO6S3/c1-8(7-19(2,13)14)12-21(17,18)10-5-3-9(4-6-10)20(11,15)16/h3-6,8,12H,7H2,1-2H3. The van der Waals surface area contributed by atoms with Gasteiger partial charge in [0.05, 0.1) is 15.5 Å². The Morgan fingerprint density at radius 2 is 1.43 bits per heavy atom. The average molecular weight is 376 g/mol. The highest BCUT2D eigenvalue weighted by atomic mass is 35.7. The van der Waals surface area contributed by atoms with Gasteiger partial charge in [0.2, 0.25) is 10.0 Å². The Hall–Kier alpha value is -0.680. The molecule has 0 heterocycles. The van der Waals surface area contributed by atoms with Crippen molar-refractivity contribution in [3.05, 3.63) is 24.3 Å². The van der Waals surface area contributed by atoms with E-state index in [2.05, 4.69) is 4.72 Å². The van der Waals surface area contributed by atoms with Crippen molar-refractivity contribution in [3.63, 3.8) is 0 Å². The summed E-state index contributed by atoms with van der Waals surface area (Å²) in [6.45, 7) is 1.41. The van der Waals surface area contributed by atoms with Crippen LogP contribution in [-0.2, 0) is 28.9 Å². The molecule has 11 heteroatoms. The molecule has 1 rings (SSSR count). The lowest BCUT2D eigenvalue weighted by Gasteiger charge is -2.13. The molecule has 1 aromatic rings. The van der Waals surface area contributed by atoms with Crippen molar-refractivity contribution in [3.8, 4) is 0 Å². The molecular formula is C10H14ClNO6S3. The van der Waals surface area contributed by atoms with Crippen LogP contribution in [0.1, 0.15) is 6.92 Å². The van der Waals surface area contributed by atoms with E-state index in [0.29, 0.717) is 0 Å². The smallest absolute Gasteiger partial charge is 0.229 e. The molecule has 0 bridgehead atoms. The molecule has 1 N–H and O–H groups in total. The molecule has 0 aromatic heterocycles. The normalized spacial score (nSPS) is 14.8. The van der Waals surface area contributed by atoms with Crippen molar-refractivity contribution in [2.45, 2.75) is 22.8 Å². The second-order valence-corrected chi connectivity index (χ2v) is 11.0. The first-order chi connectivity index (χ1) is 9.31. The summed E-state index contributed by atoms with van der Waals surface area (Å²) in [6, 6.07) is 3.44. The second-order valence-electron chi connectivity index (χ2n) is 4.52. The van der Waals surface area contributed by atoms with E-state index in [1.165, 1.54) is 6.92 Å². The lowest BCUT2D eigenvalue weighted by atomic mass is 10.4. The van der Waals surface area contributed by atoms with Crippen molar-refractivity contribution in [1.29, 1.82) is 0 Å². The van der Waals surface area contributed by atoms with Gasteiger partial charge in [-0.1, -0.05) is 0 Å². The first kappa shape index (κ1) is 18.4. The average Bonchev–Trinajstić information content (AvgIpc) is 2.24. The lowest BCUT2D eigenvalue weighted by Crippen LogP contribution is -2.37. The number of nitrogens with one attached hydrogen (secondary N) is 1. The van der Waals surface area contributed by atoms with Crippen molar-refractivity contribution < 1.29 is 25.3 Å². The molecule has 0 aliphatic rings. The summed E-state index contributed by atoms with van der Waals surface area (Å²) in [5.41, 5.74) is 0. The van der Waals surface area contributed by atoms with Gasteiger partial charge in [0, 0.05) is 23.0 Å². The van der Waals surface area contributed by atoms with Crippen molar-refractivity contribution in [2.24, 2.45) is 0 Å². The number of rotatable bonds is 6. The molecule has 120 valence electrons. The summed E-state index contributed by atoms with van der Waals surface area (Å²) >= 11 is 0. The highest BCUT2D eigenvalue weighted by Gasteiger charge is 2.20. The van der Waals surface area contributed by atoms with Crippen LogP contribution in [-0.4, -0.2) is 43.3 Å². The molecule has 0 aliphatic carbocycles. The monoisotopic (exact) mass is 375 g/mol. The summed E-state index contributed by atoms with van der Waals surface area (Å²) in [5, 5.41) is 0. The van der Waals surface area contributed by atoms with E-state index in [9.17, 15) is 25.3 Å². The van der Waals surface area contributed by atoms with Crippen molar-refractivity contribution >= 4 is 39.6 Å². The molecule has 0 spiro atoms. The number of halogens is 1. The molecule has 0 saturated carbocycles. The van der Waals surface area contributed by atoms with Gasteiger partial charge in [-0.2, -0.15) is 0 Å². The van der Waals surface area contributed by atoms with Gasteiger partial charge in [-0.25, -0.2) is 30.0 Å². The van der Waals surface area contributed by atoms with Crippen LogP contribution in [0.25, 0.3) is 0 Å². The molecule has 1 unspecified atom stereocenters. The van der Waals surface area contributed by atoms with Gasteiger partial charge in [-0.05, 0) is 31.2 Å². The molecule has 0 aliphatic heterocycles. The van der Waals surface area contributed by atoms with Crippen LogP contribution in [0.3, 0.4) is 0 Å². The summed E-state index contributed by atoms with van der Waals surface area (Å²) in [5.74, 6) is -0.347. The van der Waals surface area contributed by atoms with Gasteiger partial charge < -0.3 is 0 Å². The van der Waals surface area contributed by atoms with E-state index < -0.39 is 35.0 Å². The van der Waals surface area contributed by atoms with Gasteiger partial charge in [-0.3, -0.25) is 0 Å². The van der Waals surface area contributed by atoms with Crippen LogP contribution in [0.5, 0.6) is 0 Å². The molecule has 7 nitrogen and oxygen atoms in total. The Morgan fingerprint density at radius 3 is 1.81 bits per heavy atom. The van der Waals surface area contributed by atoms with Gasteiger partial charge in [0.1, 0.15) is 9.84 Å². The minimum Gasteiger partial charge on any atom is -0.229 e. The molecular weight excluding hydrogens is 362 g/mol. The third-order valence-electron chi connectivity index (χ3n) is 2.32. The fraction of sp³-hybridized carbons (Fsp3) is 0.400. The number of benzene rings is 1. The maximum atomic E-state index is 12.0. The summed E-state index contributed by atoms with van der Waals surface area (Å²) in [6.07, 6.45) is 0.998. The largest absolute Gasteiger partial charge is 0.261 e. The highest BCUT2D eigenvalue weighted by molar-refractivity contribution is 8.13. The van der Waals surface area contributed by atoms with Gasteiger partial charge in [0.15, 0.2) is 0 Å². The first-order valence-electron chi connectivity index (χ1n) is 5.56. The summed E-state index contributed by atoms with van der Waals surface area (Å²) in [7, 11) is -6.09. The maximum Gasteiger partial charge on any atom is 0.261 e. The second kappa shape index (κ2) is 6.21. The Kier molecular flexibility index (Phi) is 5.43. The minimum atomic E-state index is -3.95. The third kappa shape index (κ3) is 5.91. The Balaban J connectivity index is 2.99. The van der Waals surface area contributed by atoms with Crippen molar-refractivity contribution in [2.75, 3.05) is 12.0 Å². The van der Waals surface area contributed by atoms with Crippen LogP contribution in [0.4, 0.5) is 0 Å². The predicted octanol–water partition coefficient (Wildman–Crippen LogP) is 0.326. The highest BCUT2D eigenvalue weighted by Crippen LogP contribution is 2.18. The summed E-state index contributed by atoms with van der Waals surface area (Å²) < 4.78 is 70.5. The molecule has 0 amide bonds. The number of hydrogen-bond acceptors (Lipinski definition) is 6. The fourth-order valence-electron chi connectivity index (χ4n) is 1.60. The van der Waals surface area contributed by atoms with Crippen LogP contribution >= 0.6 is 10.7 Å². The van der Waals surface area contributed by atoms with Crippen LogP contribution < -0.4 is 4.72 Å². The van der Waals surface area contributed by atoms with Crippen LogP contribution in [0.2, 0.25) is 0 Å². The first-order valence-corrected chi connectivity index (χ1v) is 11.4. The van der Waals surface area contributed by atoms with Crippen LogP contribution in [0.15, 0.2) is 34.1 Å². The zero-order valence-electron chi connectivity index (χ0n) is 11.1. The number of sulfonamides is 1. The van der Waals surface area contributed by atoms with E-state index in [1.54, 1.807) is 0 Å². The van der Waals surface area contributed by atoms with E-state index in [-0.39, 0.29) is 15.5 Å². The minimum absolute atomic E-state index is 0.188. The zero-order chi connectivity index (χ0) is 16.5. The SMILES string of the molecule is CC(CS(C)(=O)=O)NS(=O)(=O)c1ccc(S(=O)(=O)Cl)cc1. The van der Waals surface area contributed by atoms with Crippen LogP contribution in [0, 0.1) is 0 Å². The lowest BCUT2D eigenvalue weighted by molar-refractivity contribution is 0.564. The Morgan fingerprint density at radius 1 is 1.00 bits per heavy atom. The third-order valence-corrected chi connectivity index (χ3v) is 6.41. The van der Waals surface area contributed by atoms with E-state index in [0.717, 1.165) is 30.5 Å². The molecule has 1 atom stereocenters. The van der Waals surface area contributed by atoms with Gasteiger partial charge in [-0.15, -0.1) is 0 Å². The molecule has 0 saturated heterocycles. The molecule has 0 fully saturated rings. The predicted molar refractivity (Wildman–Crippen MR) is 79.0 cm³/mol. The number of hydrogen-bond donors (Lipinski definition) is 1. The Bertz CT molecular complexity index is 812. The Labute approximate surface area is 128 Å². The summed E-state index contributed by atoms with van der Waals surface area (Å²) in [4.78, 5) is -0.417. The topological polar surface area (TPSA) is 114 Å². The molecule has 1 aromatic carbocycles. The quantitative estimate of drug-likeness (QED) is 0.716. The van der Waals surface area contributed by atoms with Gasteiger partial charge >= 0.3 is 0 Å². The van der Waals surface area contributed by atoms with Gasteiger partial charge in [0.25, 0.3) is 9.05 Å². The maximum absolute atomic E-state index is 12.0.